The van der Waals surface area contributed by atoms with Crippen molar-refractivity contribution in [1.29, 1.82) is 0 Å². The number of alkyl halides is 3. The molecule has 0 radical (unpaired) electrons. The van der Waals surface area contributed by atoms with Gasteiger partial charge in [-0.3, -0.25) is 4.57 Å². The van der Waals surface area contributed by atoms with Crippen LogP contribution in [0.3, 0.4) is 0 Å². The van der Waals surface area contributed by atoms with Crippen molar-refractivity contribution in [2.75, 3.05) is 0 Å². The average Bonchev–Trinajstić information content (AvgIpc) is 3.24. The molecular weight excluding hydrogens is 433 g/mol. The Labute approximate surface area is 179 Å². The van der Waals surface area contributed by atoms with Crippen LogP contribution in [0.25, 0.3) is 0 Å². The van der Waals surface area contributed by atoms with Gasteiger partial charge in [0.05, 0.1) is 17.6 Å². The number of hydrogen-bond acceptors (Lipinski definition) is 3. The van der Waals surface area contributed by atoms with Crippen LogP contribution in [0.1, 0.15) is 48.3 Å². The first kappa shape index (κ1) is 20.7. The van der Waals surface area contributed by atoms with Crippen LogP contribution < -0.4 is 10.4 Å². The highest BCUT2D eigenvalue weighted by Gasteiger charge is 2.38. The number of halogens is 5. The lowest BCUT2D eigenvalue weighted by Gasteiger charge is -2.34. The number of benzene rings is 2. The summed E-state index contributed by atoms with van der Waals surface area (Å²) < 4.78 is 73.8. The SMILES string of the molecule is O=c1n(C2CC(Oc3ccc(C(F)(F)F)cc3)C2)nc2n1[C@H](c1cc(F)cc(F)c1)CC2. The van der Waals surface area contributed by atoms with Crippen molar-refractivity contribution in [3.63, 3.8) is 0 Å². The van der Waals surface area contributed by atoms with Crippen LogP contribution in [-0.2, 0) is 12.6 Å². The van der Waals surface area contributed by atoms with Gasteiger partial charge in [0.15, 0.2) is 0 Å². The normalized spacial score (nSPS) is 22.5. The zero-order valence-electron chi connectivity index (χ0n) is 16.6. The highest BCUT2D eigenvalue weighted by molar-refractivity contribution is 5.29. The number of aryl methyl sites for hydroxylation is 1. The Bertz CT molecular complexity index is 1190. The van der Waals surface area contributed by atoms with Gasteiger partial charge in [0.25, 0.3) is 0 Å². The van der Waals surface area contributed by atoms with Gasteiger partial charge in [-0.2, -0.15) is 18.3 Å². The van der Waals surface area contributed by atoms with Crippen LogP contribution in [0.5, 0.6) is 5.75 Å². The average molecular weight is 451 g/mol. The highest BCUT2D eigenvalue weighted by atomic mass is 19.4. The van der Waals surface area contributed by atoms with E-state index in [-0.39, 0.29) is 17.8 Å². The molecule has 2 heterocycles. The summed E-state index contributed by atoms with van der Waals surface area (Å²) in [5, 5.41) is 4.41. The summed E-state index contributed by atoms with van der Waals surface area (Å²) in [6.07, 6.45) is -2.63. The summed E-state index contributed by atoms with van der Waals surface area (Å²) in [6, 6.07) is 7.04. The maximum atomic E-state index is 13.6. The first-order valence-corrected chi connectivity index (χ1v) is 10.2. The predicted molar refractivity (Wildman–Crippen MR) is 103 cm³/mol. The molecule has 2 aliphatic rings. The molecule has 1 fully saturated rings. The molecule has 1 saturated carbocycles. The predicted octanol–water partition coefficient (Wildman–Crippen LogP) is 4.66. The maximum Gasteiger partial charge on any atom is 0.416 e. The minimum Gasteiger partial charge on any atom is -0.490 e. The van der Waals surface area contributed by atoms with E-state index in [2.05, 4.69) is 5.10 Å². The van der Waals surface area contributed by atoms with Gasteiger partial charge in [-0.25, -0.2) is 18.3 Å². The van der Waals surface area contributed by atoms with Crippen molar-refractivity contribution in [3.05, 3.63) is 81.5 Å². The van der Waals surface area contributed by atoms with Crippen molar-refractivity contribution >= 4 is 0 Å². The summed E-state index contributed by atoms with van der Waals surface area (Å²) in [5.41, 5.74) is -0.701. The third-order valence-corrected chi connectivity index (χ3v) is 6.03. The zero-order valence-corrected chi connectivity index (χ0v) is 16.6. The molecule has 5 rings (SSSR count). The minimum atomic E-state index is -4.40. The largest absolute Gasteiger partial charge is 0.490 e. The third kappa shape index (κ3) is 3.67. The molecule has 0 unspecified atom stereocenters. The lowest BCUT2D eigenvalue weighted by atomic mass is 9.89. The van der Waals surface area contributed by atoms with E-state index >= 15 is 0 Å². The number of nitrogens with zero attached hydrogens (tertiary/aromatic N) is 3. The van der Waals surface area contributed by atoms with Crippen molar-refractivity contribution < 1.29 is 26.7 Å². The summed E-state index contributed by atoms with van der Waals surface area (Å²) in [5.74, 6) is -0.501. The summed E-state index contributed by atoms with van der Waals surface area (Å²) in [7, 11) is 0. The van der Waals surface area contributed by atoms with E-state index in [4.69, 9.17) is 4.74 Å². The molecule has 0 saturated heterocycles. The lowest BCUT2D eigenvalue weighted by Crippen LogP contribution is -2.41. The molecule has 1 aliphatic carbocycles. The van der Waals surface area contributed by atoms with Crippen LogP contribution in [0.4, 0.5) is 22.0 Å². The van der Waals surface area contributed by atoms with Crippen molar-refractivity contribution in [1.82, 2.24) is 14.3 Å². The number of ether oxygens (including phenoxy) is 1. The van der Waals surface area contributed by atoms with Crippen LogP contribution >= 0.6 is 0 Å². The maximum absolute atomic E-state index is 13.6. The Hall–Kier alpha value is -3.17. The fraction of sp³-hybridized carbons (Fsp3) is 0.364. The Morgan fingerprint density at radius 3 is 2.28 bits per heavy atom. The summed E-state index contributed by atoms with van der Waals surface area (Å²) in [6.45, 7) is 0. The fourth-order valence-electron chi connectivity index (χ4n) is 4.38. The molecule has 1 aliphatic heterocycles. The van der Waals surface area contributed by atoms with E-state index in [9.17, 15) is 26.7 Å². The van der Waals surface area contributed by atoms with E-state index < -0.39 is 29.4 Å². The van der Waals surface area contributed by atoms with E-state index in [1.54, 1.807) is 0 Å². The van der Waals surface area contributed by atoms with Crippen molar-refractivity contribution in [2.24, 2.45) is 0 Å². The third-order valence-electron chi connectivity index (χ3n) is 6.03. The molecule has 5 nitrogen and oxygen atoms in total. The Morgan fingerprint density at radius 2 is 1.66 bits per heavy atom. The van der Waals surface area contributed by atoms with Gasteiger partial charge in [0.1, 0.15) is 29.3 Å². The molecule has 2 aromatic carbocycles. The number of rotatable bonds is 4. The topological polar surface area (TPSA) is 49.1 Å². The van der Waals surface area contributed by atoms with Crippen LogP contribution in [0.2, 0.25) is 0 Å². The van der Waals surface area contributed by atoms with E-state index in [1.165, 1.54) is 33.5 Å². The van der Waals surface area contributed by atoms with E-state index in [0.29, 0.717) is 42.8 Å². The number of aromatic nitrogens is 3. The van der Waals surface area contributed by atoms with Gasteiger partial charge in [-0.15, -0.1) is 0 Å². The zero-order chi connectivity index (χ0) is 22.6. The molecule has 1 atom stereocenters. The van der Waals surface area contributed by atoms with Crippen molar-refractivity contribution in [3.8, 4) is 5.75 Å². The van der Waals surface area contributed by atoms with Gasteiger partial charge in [-0.05, 0) is 48.4 Å². The number of fused-ring (bicyclic) bond motifs is 1. The van der Waals surface area contributed by atoms with Gasteiger partial charge < -0.3 is 4.74 Å². The summed E-state index contributed by atoms with van der Waals surface area (Å²) in [4.78, 5) is 13.0. The van der Waals surface area contributed by atoms with Crippen LogP contribution in [0, 0.1) is 11.6 Å². The molecule has 3 aromatic rings. The van der Waals surface area contributed by atoms with Gasteiger partial charge in [0.2, 0.25) is 0 Å². The van der Waals surface area contributed by atoms with Crippen molar-refractivity contribution in [2.45, 2.75) is 50.0 Å². The highest BCUT2D eigenvalue weighted by Crippen LogP contribution is 2.37. The monoisotopic (exact) mass is 451 g/mol. The quantitative estimate of drug-likeness (QED) is 0.543. The first-order valence-electron chi connectivity index (χ1n) is 10.2. The smallest absolute Gasteiger partial charge is 0.416 e. The second-order valence-corrected chi connectivity index (χ2v) is 8.16. The molecule has 0 spiro atoms. The second kappa shape index (κ2) is 7.46. The Morgan fingerprint density at radius 1 is 1.00 bits per heavy atom. The molecule has 0 N–H and O–H groups in total. The van der Waals surface area contributed by atoms with Gasteiger partial charge >= 0.3 is 11.9 Å². The van der Waals surface area contributed by atoms with Crippen LogP contribution in [0.15, 0.2) is 47.3 Å². The Kier molecular flexibility index (Phi) is 4.83. The molecule has 0 bridgehead atoms. The molecule has 32 heavy (non-hydrogen) atoms. The summed E-state index contributed by atoms with van der Waals surface area (Å²) >= 11 is 0. The molecule has 168 valence electrons. The van der Waals surface area contributed by atoms with E-state index in [0.717, 1.165) is 18.2 Å². The van der Waals surface area contributed by atoms with E-state index in [1.807, 2.05) is 0 Å². The molecule has 0 amide bonds. The van der Waals surface area contributed by atoms with Crippen LogP contribution in [-0.4, -0.2) is 20.5 Å². The Balaban J connectivity index is 1.28. The van der Waals surface area contributed by atoms with Gasteiger partial charge in [0, 0.05) is 25.3 Å². The minimum absolute atomic E-state index is 0.204. The van der Waals surface area contributed by atoms with Gasteiger partial charge in [-0.1, -0.05) is 0 Å². The number of hydrogen-bond donors (Lipinski definition) is 0. The lowest BCUT2D eigenvalue weighted by molar-refractivity contribution is -0.137. The standard InChI is InChI=1S/C22H18F5N3O2/c23-14-7-12(8-15(24)9-14)19-5-6-20-28-30(21(31)29(19)20)16-10-18(11-16)32-17-3-1-13(2-4-17)22(25,26)27/h1-4,7-9,16,18-19H,5-6,10-11H2/t16?,18?,19-/m0/s1. The first-order chi connectivity index (χ1) is 15.2. The fourth-order valence-corrected chi connectivity index (χ4v) is 4.38. The molecule has 10 heteroatoms. The molecule has 1 aromatic heterocycles. The second-order valence-electron chi connectivity index (χ2n) is 8.16. The molecular formula is C22H18F5N3O2.